The van der Waals surface area contributed by atoms with Gasteiger partial charge < -0.3 is 16.2 Å². The van der Waals surface area contributed by atoms with E-state index in [0.717, 1.165) is 6.08 Å². The van der Waals surface area contributed by atoms with Gasteiger partial charge >= 0.3 is 5.97 Å². The van der Waals surface area contributed by atoms with Crippen molar-refractivity contribution in [2.75, 3.05) is 18.4 Å². The zero-order valence-corrected chi connectivity index (χ0v) is 9.24. The van der Waals surface area contributed by atoms with E-state index in [-0.39, 0.29) is 0 Å². The summed E-state index contributed by atoms with van der Waals surface area (Å²) in [6.07, 6.45) is 3.98. The summed E-state index contributed by atoms with van der Waals surface area (Å²) in [5.74, 6) is -0.471. The van der Waals surface area contributed by atoms with Crippen LogP contribution in [0.2, 0.25) is 5.02 Å². The number of carbonyl (C=O) groups is 1. The first kappa shape index (κ1) is 12.5. The molecular formula is C10H12ClN3O2. The Balaban J connectivity index is 2.78. The van der Waals surface area contributed by atoms with Crippen molar-refractivity contribution >= 4 is 29.5 Å². The highest BCUT2D eigenvalue weighted by Crippen LogP contribution is 2.20. The molecule has 1 aromatic heterocycles. The van der Waals surface area contributed by atoms with Crippen LogP contribution in [-0.4, -0.2) is 29.1 Å². The van der Waals surface area contributed by atoms with Crippen molar-refractivity contribution in [3.8, 4) is 0 Å². The lowest BCUT2D eigenvalue weighted by atomic mass is 10.2. The van der Waals surface area contributed by atoms with Gasteiger partial charge in [-0.3, -0.25) is 0 Å². The zero-order valence-electron chi connectivity index (χ0n) is 8.48. The van der Waals surface area contributed by atoms with Crippen LogP contribution < -0.4 is 11.1 Å². The quantitative estimate of drug-likeness (QED) is 0.675. The largest absolute Gasteiger partial charge is 0.478 e. The maximum Gasteiger partial charge on any atom is 0.328 e. The molecule has 0 fully saturated rings. The topological polar surface area (TPSA) is 88.2 Å². The maximum atomic E-state index is 10.3. The highest BCUT2D eigenvalue weighted by atomic mass is 35.5. The maximum absolute atomic E-state index is 10.3. The van der Waals surface area contributed by atoms with Crippen molar-refractivity contribution < 1.29 is 9.90 Å². The van der Waals surface area contributed by atoms with E-state index in [1.165, 1.54) is 12.3 Å². The monoisotopic (exact) mass is 241 g/mol. The molecule has 86 valence electrons. The Morgan fingerprint density at radius 3 is 3.00 bits per heavy atom. The first-order valence-electron chi connectivity index (χ1n) is 4.64. The van der Waals surface area contributed by atoms with Crippen LogP contribution in [-0.2, 0) is 4.79 Å². The number of rotatable bonds is 5. The fraction of sp³-hybridized carbons (Fsp3) is 0.200. The highest BCUT2D eigenvalue weighted by molar-refractivity contribution is 6.33. The molecule has 0 radical (unpaired) electrons. The van der Waals surface area contributed by atoms with E-state index in [1.54, 1.807) is 6.07 Å². The lowest BCUT2D eigenvalue weighted by Crippen LogP contribution is -2.14. The molecule has 0 bridgehead atoms. The number of aromatic nitrogens is 1. The second kappa shape index (κ2) is 6.09. The third-order valence-electron chi connectivity index (χ3n) is 1.72. The summed E-state index contributed by atoms with van der Waals surface area (Å²) in [4.78, 5) is 14.4. The smallest absolute Gasteiger partial charge is 0.328 e. The molecule has 0 saturated heterocycles. The number of halogens is 1. The lowest BCUT2D eigenvalue weighted by molar-refractivity contribution is -0.131. The van der Waals surface area contributed by atoms with Crippen LogP contribution in [0.4, 0.5) is 5.82 Å². The summed E-state index contributed by atoms with van der Waals surface area (Å²) in [6, 6.07) is 1.63. The fourth-order valence-electron chi connectivity index (χ4n) is 1.03. The Bertz CT molecular complexity index is 407. The van der Waals surface area contributed by atoms with Crippen LogP contribution in [0.5, 0.6) is 0 Å². The Morgan fingerprint density at radius 2 is 2.44 bits per heavy atom. The number of carboxylic acid groups (broad SMARTS) is 1. The molecule has 0 saturated carbocycles. The summed E-state index contributed by atoms with van der Waals surface area (Å²) >= 11 is 5.93. The number of carboxylic acids is 1. The molecule has 0 amide bonds. The molecule has 16 heavy (non-hydrogen) atoms. The standard InChI is InChI=1S/C10H12ClN3O2/c11-8-5-7(1-2-9(15)16)6-14-10(8)13-4-3-12/h1-2,5-6H,3-4,12H2,(H,13,14)(H,15,16)/b2-1+. The van der Waals surface area contributed by atoms with Gasteiger partial charge in [0.15, 0.2) is 0 Å². The molecule has 5 nitrogen and oxygen atoms in total. The van der Waals surface area contributed by atoms with Gasteiger partial charge in [-0.15, -0.1) is 0 Å². The van der Waals surface area contributed by atoms with Gasteiger partial charge in [0.2, 0.25) is 0 Å². The van der Waals surface area contributed by atoms with Gasteiger partial charge in [-0.25, -0.2) is 9.78 Å². The normalized spacial score (nSPS) is 10.6. The molecule has 1 aromatic rings. The molecule has 0 unspecified atom stereocenters. The second-order valence-corrected chi connectivity index (χ2v) is 3.39. The molecule has 4 N–H and O–H groups in total. The third-order valence-corrected chi connectivity index (χ3v) is 2.01. The molecule has 0 aliphatic carbocycles. The first-order chi connectivity index (χ1) is 7.63. The summed E-state index contributed by atoms with van der Waals surface area (Å²) in [5.41, 5.74) is 5.96. The van der Waals surface area contributed by atoms with Crippen LogP contribution in [0.3, 0.4) is 0 Å². The number of nitrogens with one attached hydrogen (secondary N) is 1. The minimum atomic E-state index is -1.01. The summed E-state index contributed by atoms with van der Waals surface area (Å²) in [7, 11) is 0. The van der Waals surface area contributed by atoms with Crippen LogP contribution in [0.15, 0.2) is 18.3 Å². The average molecular weight is 242 g/mol. The Kier molecular flexibility index (Phi) is 4.75. The fourth-order valence-corrected chi connectivity index (χ4v) is 1.27. The van der Waals surface area contributed by atoms with Crippen LogP contribution in [0, 0.1) is 0 Å². The number of nitrogens with zero attached hydrogens (tertiary/aromatic N) is 1. The van der Waals surface area contributed by atoms with Gasteiger partial charge in [0.05, 0.1) is 5.02 Å². The second-order valence-electron chi connectivity index (χ2n) is 2.99. The number of aliphatic carboxylic acids is 1. The number of nitrogens with two attached hydrogens (primary N) is 1. The predicted molar refractivity (Wildman–Crippen MR) is 63.5 cm³/mol. The van der Waals surface area contributed by atoms with E-state index >= 15 is 0 Å². The first-order valence-corrected chi connectivity index (χ1v) is 5.01. The van der Waals surface area contributed by atoms with Gasteiger partial charge in [-0.05, 0) is 17.7 Å². The third kappa shape index (κ3) is 3.88. The van der Waals surface area contributed by atoms with Crippen LogP contribution in [0.25, 0.3) is 6.08 Å². The van der Waals surface area contributed by atoms with Gasteiger partial charge in [-0.1, -0.05) is 11.6 Å². The van der Waals surface area contributed by atoms with E-state index in [4.69, 9.17) is 22.4 Å². The number of pyridine rings is 1. The van der Waals surface area contributed by atoms with Crippen molar-refractivity contribution in [3.05, 3.63) is 28.9 Å². The molecule has 0 aliphatic heterocycles. The summed E-state index contributed by atoms with van der Waals surface area (Å²) in [6.45, 7) is 1.07. The molecule has 0 spiro atoms. The minimum Gasteiger partial charge on any atom is -0.478 e. The van der Waals surface area contributed by atoms with E-state index in [2.05, 4.69) is 10.3 Å². The van der Waals surface area contributed by atoms with Crippen molar-refractivity contribution in [2.45, 2.75) is 0 Å². The molecule has 0 aromatic carbocycles. The van der Waals surface area contributed by atoms with E-state index in [1.807, 2.05) is 0 Å². The minimum absolute atomic E-state index is 0.431. The van der Waals surface area contributed by atoms with Crippen LogP contribution in [0.1, 0.15) is 5.56 Å². The van der Waals surface area contributed by atoms with Gasteiger partial charge in [0.25, 0.3) is 0 Å². The Morgan fingerprint density at radius 1 is 1.69 bits per heavy atom. The predicted octanol–water partition coefficient (Wildman–Crippen LogP) is 1.20. The summed E-state index contributed by atoms with van der Waals surface area (Å²) < 4.78 is 0. The van der Waals surface area contributed by atoms with Gasteiger partial charge in [0.1, 0.15) is 5.82 Å². The van der Waals surface area contributed by atoms with E-state index in [0.29, 0.717) is 29.5 Å². The number of hydrogen-bond donors (Lipinski definition) is 3. The van der Waals surface area contributed by atoms with Crippen molar-refractivity contribution in [3.63, 3.8) is 0 Å². The molecule has 0 atom stereocenters. The molecule has 1 heterocycles. The SMILES string of the molecule is NCCNc1ncc(/C=C/C(=O)O)cc1Cl. The number of anilines is 1. The molecular weight excluding hydrogens is 230 g/mol. The van der Waals surface area contributed by atoms with Crippen LogP contribution >= 0.6 is 11.6 Å². The van der Waals surface area contributed by atoms with E-state index < -0.39 is 5.97 Å². The molecule has 1 rings (SSSR count). The van der Waals surface area contributed by atoms with Crippen molar-refractivity contribution in [2.24, 2.45) is 5.73 Å². The zero-order chi connectivity index (χ0) is 12.0. The number of hydrogen-bond acceptors (Lipinski definition) is 4. The Hall–Kier alpha value is -1.59. The molecule has 0 aliphatic rings. The van der Waals surface area contributed by atoms with Gasteiger partial charge in [0, 0.05) is 25.4 Å². The Labute approximate surface area is 97.9 Å². The van der Waals surface area contributed by atoms with E-state index in [9.17, 15) is 4.79 Å². The lowest BCUT2D eigenvalue weighted by Gasteiger charge is -2.05. The average Bonchev–Trinajstić information content (AvgIpc) is 2.25. The molecule has 6 heteroatoms. The van der Waals surface area contributed by atoms with Crippen molar-refractivity contribution in [1.29, 1.82) is 0 Å². The van der Waals surface area contributed by atoms with Crippen molar-refractivity contribution in [1.82, 2.24) is 4.98 Å². The highest BCUT2D eigenvalue weighted by Gasteiger charge is 2.01. The van der Waals surface area contributed by atoms with Gasteiger partial charge in [-0.2, -0.15) is 0 Å². The summed E-state index contributed by atoms with van der Waals surface area (Å²) in [5, 5.41) is 11.8.